The molecule has 0 aliphatic carbocycles. The van der Waals surface area contributed by atoms with Crippen LogP contribution in [0.1, 0.15) is 27.7 Å². The van der Waals surface area contributed by atoms with Crippen LogP contribution in [0.15, 0.2) is 24.5 Å². The number of pyridine rings is 1. The average Bonchev–Trinajstić information content (AvgIpc) is 2.54. The van der Waals surface area contributed by atoms with Crippen molar-refractivity contribution in [3.8, 4) is 0 Å². The lowest BCUT2D eigenvalue weighted by Crippen LogP contribution is -2.25. The van der Waals surface area contributed by atoms with E-state index in [2.05, 4.69) is 10.3 Å². The lowest BCUT2D eigenvalue weighted by molar-refractivity contribution is 0.198. The fourth-order valence-corrected chi connectivity index (χ4v) is 6.96. The van der Waals surface area contributed by atoms with E-state index in [0.29, 0.717) is 5.69 Å². The van der Waals surface area contributed by atoms with Gasteiger partial charge in [-0.15, -0.1) is 0 Å². The summed E-state index contributed by atoms with van der Waals surface area (Å²) in [5, 5.41) is 2.91. The lowest BCUT2D eigenvalue weighted by Gasteiger charge is -2.32. The van der Waals surface area contributed by atoms with Crippen LogP contribution in [0.4, 0.5) is 5.69 Å². The van der Waals surface area contributed by atoms with Crippen LogP contribution in [0.25, 0.3) is 0 Å². The summed E-state index contributed by atoms with van der Waals surface area (Å²) in [5.41, 5.74) is -0.796. The molecule has 0 spiro atoms. The van der Waals surface area contributed by atoms with Gasteiger partial charge in [-0.05, 0) is 39.8 Å². The highest BCUT2D eigenvalue weighted by atomic mass is 31.2. The van der Waals surface area contributed by atoms with E-state index in [1.165, 1.54) is 6.20 Å². The van der Waals surface area contributed by atoms with Crippen molar-refractivity contribution in [2.24, 2.45) is 0 Å². The highest BCUT2D eigenvalue weighted by Gasteiger charge is 2.51. The minimum absolute atomic E-state index is 0.126. The number of hydrogen-bond donors (Lipinski definition) is 1. The Bertz CT molecular complexity index is 522. The third-order valence-corrected chi connectivity index (χ3v) is 8.42. The Kier molecular flexibility index (Phi) is 9.13. The minimum Gasteiger partial charge on any atom is -0.360 e. The van der Waals surface area contributed by atoms with Gasteiger partial charge >= 0.3 is 15.2 Å². The van der Waals surface area contributed by atoms with Gasteiger partial charge in [0.15, 0.2) is 0 Å². The largest absolute Gasteiger partial charge is 0.365 e. The Hall–Kier alpha value is -0.750. The highest BCUT2D eigenvalue weighted by Crippen LogP contribution is 2.70. The fraction of sp³-hybridized carbons (Fsp3) is 0.643. The van der Waals surface area contributed by atoms with Crippen LogP contribution >= 0.6 is 15.2 Å². The van der Waals surface area contributed by atoms with Gasteiger partial charge in [-0.1, -0.05) is 0 Å². The summed E-state index contributed by atoms with van der Waals surface area (Å²) < 4.78 is 48.0. The standard InChI is InChI=1S/C14H26N2O6P2/c1-5-19-23(17,20-6-2)14(16-13-10-9-11-15-12-13)24(18,21-7-3)22-8-4/h9-12,14,16H,5-8H2,1-4H3. The van der Waals surface area contributed by atoms with Gasteiger partial charge in [0.2, 0.25) is 5.52 Å². The zero-order valence-corrected chi connectivity index (χ0v) is 16.3. The van der Waals surface area contributed by atoms with Gasteiger partial charge in [0, 0.05) is 12.4 Å². The molecule has 0 bridgehead atoms. The van der Waals surface area contributed by atoms with E-state index in [1.54, 1.807) is 46.0 Å². The van der Waals surface area contributed by atoms with Gasteiger partial charge in [0.25, 0.3) is 0 Å². The van der Waals surface area contributed by atoms with Crippen molar-refractivity contribution in [3.05, 3.63) is 24.5 Å². The molecule has 0 aliphatic rings. The molecule has 0 radical (unpaired) electrons. The molecule has 1 rings (SSSR count). The Morgan fingerprint density at radius 2 is 1.42 bits per heavy atom. The van der Waals surface area contributed by atoms with Crippen LogP contribution in [0.5, 0.6) is 0 Å². The smallest absolute Gasteiger partial charge is 0.360 e. The molecule has 24 heavy (non-hydrogen) atoms. The van der Waals surface area contributed by atoms with E-state index >= 15 is 0 Å². The van der Waals surface area contributed by atoms with Crippen LogP contribution in [-0.2, 0) is 27.2 Å². The molecule has 1 heterocycles. The molecular formula is C14H26N2O6P2. The summed E-state index contributed by atoms with van der Waals surface area (Å²) in [6.07, 6.45) is 3.10. The zero-order valence-electron chi connectivity index (χ0n) is 14.5. The number of aromatic nitrogens is 1. The van der Waals surface area contributed by atoms with Crippen LogP contribution in [0, 0.1) is 0 Å². The second-order valence-corrected chi connectivity index (χ2v) is 9.14. The molecule has 0 fully saturated rings. The summed E-state index contributed by atoms with van der Waals surface area (Å²) >= 11 is 0. The molecular weight excluding hydrogens is 354 g/mol. The van der Waals surface area contributed by atoms with Crippen LogP contribution < -0.4 is 5.32 Å². The maximum atomic E-state index is 13.3. The third-order valence-electron chi connectivity index (χ3n) is 2.79. The molecule has 0 saturated carbocycles. The zero-order chi connectivity index (χ0) is 18.1. The van der Waals surface area contributed by atoms with E-state index in [0.717, 1.165) is 0 Å². The SMILES string of the molecule is CCOP(=O)(OCC)C(Nc1cccnc1)P(=O)(OCC)OCC. The number of nitrogens with zero attached hydrogens (tertiary/aromatic N) is 1. The molecule has 8 nitrogen and oxygen atoms in total. The molecule has 1 aromatic rings. The maximum absolute atomic E-state index is 13.3. The Morgan fingerprint density at radius 3 is 1.75 bits per heavy atom. The van der Waals surface area contributed by atoms with Gasteiger partial charge in [0.05, 0.1) is 32.1 Å². The van der Waals surface area contributed by atoms with Crippen LogP contribution in [0.3, 0.4) is 0 Å². The number of nitrogens with one attached hydrogen (secondary N) is 1. The number of hydrogen-bond acceptors (Lipinski definition) is 8. The van der Waals surface area contributed by atoms with Gasteiger partial charge in [-0.2, -0.15) is 0 Å². The molecule has 0 amide bonds. The lowest BCUT2D eigenvalue weighted by atomic mass is 10.4. The molecule has 0 aromatic carbocycles. The van der Waals surface area contributed by atoms with Gasteiger partial charge in [0.1, 0.15) is 0 Å². The first kappa shape index (κ1) is 21.3. The van der Waals surface area contributed by atoms with E-state index in [-0.39, 0.29) is 26.4 Å². The number of rotatable bonds is 12. The Balaban J connectivity index is 3.32. The van der Waals surface area contributed by atoms with Gasteiger partial charge < -0.3 is 23.4 Å². The van der Waals surface area contributed by atoms with E-state index < -0.39 is 20.7 Å². The molecule has 0 aliphatic heterocycles. The fourth-order valence-electron chi connectivity index (χ4n) is 2.01. The predicted molar refractivity (Wildman–Crippen MR) is 93.4 cm³/mol. The summed E-state index contributed by atoms with van der Waals surface area (Å²) in [5.74, 6) is 0. The topological polar surface area (TPSA) is 96.0 Å². The highest BCUT2D eigenvalue weighted by molar-refractivity contribution is 7.72. The minimum atomic E-state index is -3.83. The molecule has 1 aromatic heterocycles. The summed E-state index contributed by atoms with van der Waals surface area (Å²) in [6.45, 7) is 7.22. The molecule has 10 heteroatoms. The molecule has 138 valence electrons. The normalized spacial score (nSPS) is 12.5. The summed E-state index contributed by atoms with van der Waals surface area (Å²) in [6, 6.07) is 3.39. The van der Waals surface area contributed by atoms with Crippen molar-refractivity contribution in [1.82, 2.24) is 4.98 Å². The third kappa shape index (κ3) is 5.66. The summed E-state index contributed by atoms with van der Waals surface area (Å²) in [7, 11) is -7.66. The molecule has 0 saturated heterocycles. The molecule has 1 N–H and O–H groups in total. The molecule has 0 atom stereocenters. The van der Waals surface area contributed by atoms with Crippen molar-refractivity contribution < 1.29 is 27.2 Å². The quantitative estimate of drug-likeness (QED) is 0.536. The van der Waals surface area contributed by atoms with Crippen molar-refractivity contribution >= 4 is 20.9 Å². The van der Waals surface area contributed by atoms with Crippen molar-refractivity contribution in [3.63, 3.8) is 0 Å². The first-order valence-electron chi connectivity index (χ1n) is 7.89. The van der Waals surface area contributed by atoms with Crippen molar-refractivity contribution in [2.45, 2.75) is 33.2 Å². The van der Waals surface area contributed by atoms with Crippen molar-refractivity contribution in [1.29, 1.82) is 0 Å². The predicted octanol–water partition coefficient (Wildman–Crippen LogP) is 4.31. The van der Waals surface area contributed by atoms with Gasteiger partial charge in [-0.25, -0.2) is 0 Å². The van der Waals surface area contributed by atoms with E-state index in [1.807, 2.05) is 0 Å². The van der Waals surface area contributed by atoms with Crippen LogP contribution in [0.2, 0.25) is 0 Å². The number of anilines is 1. The first-order valence-corrected chi connectivity index (χ1v) is 11.1. The average molecular weight is 380 g/mol. The first-order chi connectivity index (χ1) is 11.5. The summed E-state index contributed by atoms with van der Waals surface area (Å²) in [4.78, 5) is 3.98. The molecule has 0 unspecified atom stereocenters. The van der Waals surface area contributed by atoms with Crippen LogP contribution in [-0.4, -0.2) is 36.9 Å². The Labute approximate surface area is 143 Å². The maximum Gasteiger partial charge on any atom is 0.365 e. The second-order valence-electron chi connectivity index (χ2n) is 4.51. The van der Waals surface area contributed by atoms with E-state index in [4.69, 9.17) is 18.1 Å². The monoisotopic (exact) mass is 380 g/mol. The van der Waals surface area contributed by atoms with Gasteiger partial charge in [-0.3, -0.25) is 14.1 Å². The Morgan fingerprint density at radius 1 is 0.958 bits per heavy atom. The second kappa shape index (κ2) is 10.3. The van der Waals surface area contributed by atoms with Crippen molar-refractivity contribution in [2.75, 3.05) is 31.7 Å². The van der Waals surface area contributed by atoms with E-state index in [9.17, 15) is 9.13 Å².